The van der Waals surface area contributed by atoms with Crippen LogP contribution in [0.25, 0.3) is 10.1 Å². The molecule has 0 heterocycles. The van der Waals surface area contributed by atoms with Gasteiger partial charge in [0.15, 0.2) is 5.60 Å². The molecule has 0 unspecified atom stereocenters. The van der Waals surface area contributed by atoms with Gasteiger partial charge in [-0.25, -0.2) is 4.57 Å². The predicted molar refractivity (Wildman–Crippen MR) is 295 cm³/mol. The van der Waals surface area contributed by atoms with Crippen LogP contribution in [0.2, 0.25) is 30.1 Å². The number of rotatable bonds is 10. The first-order valence-electron chi connectivity index (χ1n) is 18.6. The highest BCUT2D eigenvalue weighted by molar-refractivity contribution is 7.48. The molecule has 0 aliphatic carbocycles. The second-order valence-electron chi connectivity index (χ2n) is 13.2. The van der Waals surface area contributed by atoms with Crippen LogP contribution in [0.15, 0.2) is 156 Å². The number of phosphoric acid groups is 1. The maximum atomic E-state index is 11.0. The van der Waals surface area contributed by atoms with Crippen molar-refractivity contribution in [2.75, 3.05) is 14.2 Å². The molecule has 0 amide bonds. The Labute approximate surface area is 475 Å². The molecule has 0 spiro atoms. The zero-order valence-corrected chi connectivity index (χ0v) is 47.6. The summed E-state index contributed by atoms with van der Waals surface area (Å²) in [6.45, 7) is 0. The topological polar surface area (TPSA) is 65.0 Å². The molecule has 0 fully saturated rings. The molecular weight excluding hydrogens is 1230 g/mol. The first kappa shape index (κ1) is 61.6. The minimum Gasteiger partial charge on any atom is -0.409 e. The number of hydrogen-bond acceptors (Lipinski definition) is 5. The smallest absolute Gasteiger partial charge is 0.409 e. The molecule has 22 heteroatoms. The highest BCUT2D eigenvalue weighted by Gasteiger charge is 2.50. The number of aliphatic hydroxyl groups is 1. The molecule has 0 aliphatic rings. The number of phosphoric ester groups is 1. The van der Waals surface area contributed by atoms with E-state index in [2.05, 4.69) is 13.6 Å². The summed E-state index contributed by atoms with van der Waals surface area (Å²) in [6, 6.07) is 42.1. The third-order valence-electron chi connectivity index (χ3n) is 8.79. The molecule has 6 aromatic carbocycles. The molecule has 6 aromatic rings. The van der Waals surface area contributed by atoms with Crippen LogP contribution in [0, 0.1) is 0 Å². The minimum atomic E-state index is -3.48. The Balaban J connectivity index is 0.000000245. The zero-order chi connectivity index (χ0) is 51.0. The van der Waals surface area contributed by atoms with Crippen LogP contribution in [-0.2, 0) is 23.7 Å². The number of alkyl halides is 6. The fourth-order valence-electron chi connectivity index (χ4n) is 5.52. The van der Waals surface area contributed by atoms with E-state index in [0.717, 1.165) is 23.0 Å². The number of benzene rings is 6. The van der Waals surface area contributed by atoms with Gasteiger partial charge in [-0.3, -0.25) is 9.05 Å². The molecule has 0 aromatic heterocycles. The van der Waals surface area contributed by atoms with Gasteiger partial charge in [0, 0.05) is 39.9 Å². The average molecular weight is 1260 g/mol. The van der Waals surface area contributed by atoms with E-state index in [1.54, 1.807) is 91.0 Å². The maximum Gasteiger partial charge on any atom is 0.529 e. The van der Waals surface area contributed by atoms with Crippen molar-refractivity contribution in [3.8, 4) is 0 Å². The van der Waals surface area contributed by atoms with Gasteiger partial charge < -0.3 is 9.63 Å². The third kappa shape index (κ3) is 18.7. The lowest BCUT2D eigenvalue weighted by atomic mass is 9.87. The molecule has 0 aliphatic heterocycles. The van der Waals surface area contributed by atoms with Gasteiger partial charge in [0.2, 0.25) is 7.59 Å². The van der Waals surface area contributed by atoms with E-state index in [-0.39, 0.29) is 10.4 Å². The van der Waals surface area contributed by atoms with Crippen molar-refractivity contribution in [2.24, 2.45) is 0 Å². The summed E-state index contributed by atoms with van der Waals surface area (Å²) in [4.78, 5) is 0. The van der Waals surface area contributed by atoms with Crippen molar-refractivity contribution in [2.45, 2.75) is 19.1 Å². The predicted octanol–water partition coefficient (Wildman–Crippen LogP) is 21.1. The van der Waals surface area contributed by atoms with E-state index < -0.39 is 21.0 Å². The highest BCUT2D eigenvalue weighted by atomic mass is 35.6. The van der Waals surface area contributed by atoms with Gasteiger partial charge in [-0.2, -0.15) is 0 Å². The van der Waals surface area contributed by atoms with Crippen molar-refractivity contribution in [3.63, 3.8) is 0 Å². The third-order valence-corrected chi connectivity index (χ3v) is 14.4. The van der Waals surface area contributed by atoms with Gasteiger partial charge in [-0.1, -0.05) is 277 Å². The van der Waals surface area contributed by atoms with Crippen LogP contribution in [0.5, 0.6) is 0 Å². The summed E-state index contributed by atoms with van der Waals surface area (Å²) in [5.74, 6) is -0.382. The molecule has 6 rings (SSSR count). The lowest BCUT2D eigenvalue weighted by Gasteiger charge is -2.35. The second-order valence-corrected chi connectivity index (χ2v) is 24.0. The summed E-state index contributed by atoms with van der Waals surface area (Å²) < 4.78 is 20.7. The Kier molecular flexibility index (Phi) is 26.0. The van der Waals surface area contributed by atoms with Gasteiger partial charge in [-0.15, -0.1) is 0 Å². The quantitative estimate of drug-likeness (QED) is 0.0641. The standard InChI is InChI=1S/C14H9Cl5O.C14H9Cl5.C14H8Cl4.C4H7Cl2O4P/c15-11-5-1-9(2-6-11)13(20,14(17,18)19)10-3-7-12(16)8-4-10;15-11-5-1-9(2-6-11)13(14(17,18)19)10-3-7-12(16)8-4-10;15-11-8-4-7-10(13(11)17)14(18)12(16)9-5-2-1-3-6-9;1-8-11(7,9-2)10-3-4(5)6/h1-8,20H;1-8,13H;1-8H;3H,1-2H3. The van der Waals surface area contributed by atoms with E-state index >= 15 is 0 Å². The number of halogens is 16. The fraction of sp³-hybridized carbons (Fsp3) is 0.130. The van der Waals surface area contributed by atoms with Crippen LogP contribution in [0.3, 0.4) is 0 Å². The van der Waals surface area contributed by atoms with Crippen molar-refractivity contribution < 1.29 is 23.2 Å². The lowest BCUT2D eigenvalue weighted by Crippen LogP contribution is -2.41. The normalized spacial score (nSPS) is 12.0. The van der Waals surface area contributed by atoms with Crippen molar-refractivity contribution >= 4 is 204 Å². The second kappa shape index (κ2) is 28.7. The van der Waals surface area contributed by atoms with E-state index in [9.17, 15) is 9.67 Å². The molecular formula is C46H33Cl16O5P. The Hall–Kier alpha value is -0.650. The maximum absolute atomic E-state index is 11.0. The Morgan fingerprint density at radius 3 is 1.29 bits per heavy atom. The van der Waals surface area contributed by atoms with Crippen molar-refractivity contribution in [1.82, 2.24) is 0 Å². The highest BCUT2D eigenvalue weighted by Crippen LogP contribution is 2.50. The molecule has 0 bridgehead atoms. The minimum absolute atomic E-state index is 0.167. The SMILES string of the molecule is COP(=O)(OC)OC=C(Cl)Cl.ClC(=C(Cl)c1cccc(Cl)c1Cl)c1ccccc1.Clc1ccc(C(c2ccc(Cl)cc2)C(Cl)(Cl)Cl)cc1.OC(c1ccc(Cl)cc1)(c1ccc(Cl)cc1)C(Cl)(Cl)Cl. The van der Waals surface area contributed by atoms with Crippen molar-refractivity contribution in [1.29, 1.82) is 0 Å². The van der Waals surface area contributed by atoms with Crippen LogP contribution < -0.4 is 0 Å². The van der Waals surface area contributed by atoms with Gasteiger partial charge in [-0.05, 0) is 82.4 Å². The zero-order valence-electron chi connectivity index (χ0n) is 34.6. The summed E-state index contributed by atoms with van der Waals surface area (Å²) in [6.07, 6.45) is 0.872. The molecule has 1 N–H and O–H groups in total. The van der Waals surface area contributed by atoms with E-state index in [1.807, 2.05) is 54.6 Å². The summed E-state index contributed by atoms with van der Waals surface area (Å²) in [7, 11) is -1.12. The van der Waals surface area contributed by atoms with E-state index in [4.69, 9.17) is 186 Å². The summed E-state index contributed by atoms with van der Waals surface area (Å²) >= 11 is 94.7. The molecule has 0 saturated heterocycles. The monoisotopic (exact) mass is 1260 g/mol. The lowest BCUT2D eigenvalue weighted by molar-refractivity contribution is 0.0850. The molecule has 364 valence electrons. The van der Waals surface area contributed by atoms with Gasteiger partial charge in [0.25, 0.3) is 0 Å². The first-order valence-corrected chi connectivity index (χ1v) is 26.1. The van der Waals surface area contributed by atoms with Crippen LogP contribution in [0.4, 0.5) is 0 Å². The van der Waals surface area contributed by atoms with Crippen LogP contribution in [-0.4, -0.2) is 26.9 Å². The molecule has 5 nitrogen and oxygen atoms in total. The Morgan fingerprint density at radius 2 is 0.941 bits per heavy atom. The molecule has 0 atom stereocenters. The van der Waals surface area contributed by atoms with E-state index in [0.29, 0.717) is 56.9 Å². The Bertz CT molecular complexity index is 2520. The van der Waals surface area contributed by atoms with Gasteiger partial charge >= 0.3 is 7.82 Å². The van der Waals surface area contributed by atoms with Crippen molar-refractivity contribution in [3.05, 3.63) is 220 Å². The van der Waals surface area contributed by atoms with Crippen LogP contribution >= 0.6 is 193 Å². The van der Waals surface area contributed by atoms with Gasteiger partial charge in [0.05, 0.1) is 26.0 Å². The number of hydrogen-bond donors (Lipinski definition) is 1. The molecule has 0 saturated carbocycles. The molecule has 68 heavy (non-hydrogen) atoms. The van der Waals surface area contributed by atoms with E-state index in [1.165, 1.54) is 14.2 Å². The average Bonchev–Trinajstić information content (AvgIpc) is 3.30. The van der Waals surface area contributed by atoms with Gasteiger partial charge in [0.1, 0.15) is 10.8 Å². The summed E-state index contributed by atoms with van der Waals surface area (Å²) in [5, 5.41) is 15.0. The molecule has 0 radical (unpaired) electrons. The fourth-order valence-corrected chi connectivity index (χ4v) is 9.15. The van der Waals surface area contributed by atoms with Crippen LogP contribution in [0.1, 0.15) is 39.3 Å². The summed E-state index contributed by atoms with van der Waals surface area (Å²) in [5.41, 5.74) is 2.25. The largest absolute Gasteiger partial charge is 0.529 e. The Morgan fingerprint density at radius 1 is 0.544 bits per heavy atom. The first-order chi connectivity index (χ1) is 31.8.